The van der Waals surface area contributed by atoms with Crippen LogP contribution in [-0.4, -0.2) is 32.0 Å². The fourth-order valence-electron chi connectivity index (χ4n) is 1.74. The molecule has 10 heteroatoms. The first-order valence-corrected chi connectivity index (χ1v) is 7.31. The van der Waals surface area contributed by atoms with Gasteiger partial charge in [0.1, 0.15) is 12.0 Å². The van der Waals surface area contributed by atoms with Crippen molar-refractivity contribution < 1.29 is 23.8 Å². The smallest absolute Gasteiger partial charge is 0.351 e. The highest BCUT2D eigenvalue weighted by Gasteiger charge is 2.29. The van der Waals surface area contributed by atoms with Gasteiger partial charge >= 0.3 is 13.3 Å². The third kappa shape index (κ3) is 3.85. The molecule has 2 rings (SSSR count). The molecule has 19 heavy (non-hydrogen) atoms. The number of hydrogen-bond donors (Lipinski definition) is 3. The fraction of sp³-hybridized carbons (Fsp3) is 0.556. The van der Waals surface area contributed by atoms with E-state index in [9.17, 15) is 9.36 Å². The standard InChI is InChI=1S/C9H14N3O6P/c10-6-3-4-12(9(13)11-6)7-1-2-8(18-7)17-5-19(14,15)16/h3-4,7-8H,1-2,5H2,(H2,10,11,13)(H2,14,15,16)/t7-,8+/m1/s1. The van der Waals surface area contributed by atoms with Crippen LogP contribution in [-0.2, 0) is 14.0 Å². The molecule has 0 unspecified atom stereocenters. The largest absolute Gasteiger partial charge is 0.383 e. The van der Waals surface area contributed by atoms with Crippen LogP contribution in [0.2, 0.25) is 0 Å². The number of nitrogens with zero attached hydrogens (tertiary/aromatic N) is 2. The molecule has 0 spiro atoms. The average Bonchev–Trinajstić information content (AvgIpc) is 2.74. The molecule has 1 aliphatic heterocycles. The fourth-order valence-corrected chi connectivity index (χ4v) is 2.10. The maximum Gasteiger partial charge on any atom is 0.351 e. The molecule has 1 aromatic rings. The highest BCUT2D eigenvalue weighted by molar-refractivity contribution is 7.51. The molecule has 1 fully saturated rings. The molecule has 0 aliphatic carbocycles. The van der Waals surface area contributed by atoms with Crippen molar-refractivity contribution in [1.82, 2.24) is 9.55 Å². The van der Waals surface area contributed by atoms with E-state index < -0.39 is 32.2 Å². The number of ether oxygens (including phenoxy) is 2. The van der Waals surface area contributed by atoms with Crippen LogP contribution in [0.25, 0.3) is 0 Å². The molecule has 1 aromatic heterocycles. The van der Waals surface area contributed by atoms with Gasteiger partial charge in [-0.1, -0.05) is 0 Å². The van der Waals surface area contributed by atoms with Crippen molar-refractivity contribution in [3.05, 3.63) is 22.7 Å². The second kappa shape index (κ2) is 5.40. The minimum absolute atomic E-state index is 0.119. The van der Waals surface area contributed by atoms with Gasteiger partial charge in [-0.15, -0.1) is 0 Å². The van der Waals surface area contributed by atoms with Crippen LogP contribution in [0.3, 0.4) is 0 Å². The number of nitrogen functional groups attached to an aromatic ring is 1. The Labute approximate surface area is 108 Å². The van der Waals surface area contributed by atoms with Crippen molar-refractivity contribution in [1.29, 1.82) is 0 Å². The first kappa shape index (κ1) is 14.2. The highest BCUT2D eigenvalue weighted by Crippen LogP contribution is 2.36. The van der Waals surface area contributed by atoms with Gasteiger partial charge in [0.2, 0.25) is 0 Å². The van der Waals surface area contributed by atoms with E-state index in [0.29, 0.717) is 12.8 Å². The average molecular weight is 291 g/mol. The van der Waals surface area contributed by atoms with Gasteiger partial charge in [-0.25, -0.2) is 4.79 Å². The summed E-state index contributed by atoms with van der Waals surface area (Å²) < 4.78 is 22.2. The lowest BCUT2D eigenvalue weighted by molar-refractivity contribution is -0.142. The topological polar surface area (TPSA) is 137 Å². The molecule has 2 heterocycles. The van der Waals surface area contributed by atoms with Crippen LogP contribution in [0.15, 0.2) is 17.1 Å². The summed E-state index contributed by atoms with van der Waals surface area (Å²) in [5, 5.41) is 0. The molecule has 1 aliphatic rings. The van der Waals surface area contributed by atoms with E-state index in [1.54, 1.807) is 0 Å². The lowest BCUT2D eigenvalue weighted by atomic mass is 10.3. The zero-order valence-electron chi connectivity index (χ0n) is 9.88. The van der Waals surface area contributed by atoms with Crippen LogP contribution in [0.4, 0.5) is 5.82 Å². The second-order valence-corrected chi connectivity index (χ2v) is 5.69. The van der Waals surface area contributed by atoms with Gasteiger partial charge in [0.15, 0.2) is 12.6 Å². The molecule has 106 valence electrons. The normalized spacial score (nSPS) is 23.7. The predicted molar refractivity (Wildman–Crippen MR) is 64.0 cm³/mol. The van der Waals surface area contributed by atoms with Gasteiger partial charge in [-0.3, -0.25) is 9.13 Å². The molecule has 0 bridgehead atoms. The summed E-state index contributed by atoms with van der Waals surface area (Å²) in [6.07, 6.45) is 0.350. The van der Waals surface area contributed by atoms with Gasteiger partial charge in [-0.2, -0.15) is 4.98 Å². The van der Waals surface area contributed by atoms with Crippen LogP contribution in [0, 0.1) is 0 Å². The molecule has 0 saturated carbocycles. The second-order valence-electron chi connectivity index (χ2n) is 4.10. The van der Waals surface area contributed by atoms with Gasteiger partial charge < -0.3 is 25.0 Å². The van der Waals surface area contributed by atoms with Crippen LogP contribution in [0.5, 0.6) is 0 Å². The summed E-state index contributed by atoms with van der Waals surface area (Å²) in [5.74, 6) is 0.119. The maximum absolute atomic E-state index is 11.6. The van der Waals surface area contributed by atoms with E-state index in [1.165, 1.54) is 16.8 Å². The SMILES string of the molecule is Nc1ccn([C@H]2CC[C@@H](OCP(=O)(O)O)O2)c(=O)n1. The van der Waals surface area contributed by atoms with Crippen molar-refractivity contribution in [2.24, 2.45) is 0 Å². The first-order chi connectivity index (χ1) is 8.85. The van der Waals surface area contributed by atoms with E-state index in [0.717, 1.165) is 0 Å². The molecule has 0 aromatic carbocycles. The quantitative estimate of drug-likeness (QED) is 0.638. The number of aromatic nitrogens is 2. The van der Waals surface area contributed by atoms with E-state index in [2.05, 4.69) is 4.98 Å². The zero-order valence-corrected chi connectivity index (χ0v) is 10.8. The van der Waals surface area contributed by atoms with E-state index in [-0.39, 0.29) is 5.82 Å². The van der Waals surface area contributed by atoms with E-state index >= 15 is 0 Å². The minimum atomic E-state index is -4.23. The minimum Gasteiger partial charge on any atom is -0.383 e. The van der Waals surface area contributed by atoms with Crippen molar-refractivity contribution >= 4 is 13.4 Å². The summed E-state index contributed by atoms with van der Waals surface area (Å²) in [6.45, 7) is 0. The van der Waals surface area contributed by atoms with Crippen LogP contribution >= 0.6 is 7.60 Å². The summed E-state index contributed by atoms with van der Waals surface area (Å²) in [6, 6.07) is 1.47. The summed E-state index contributed by atoms with van der Waals surface area (Å²) >= 11 is 0. The van der Waals surface area contributed by atoms with Crippen LogP contribution < -0.4 is 11.4 Å². The highest BCUT2D eigenvalue weighted by atomic mass is 31.2. The van der Waals surface area contributed by atoms with E-state index in [4.69, 9.17) is 25.0 Å². The van der Waals surface area contributed by atoms with Crippen LogP contribution in [0.1, 0.15) is 19.1 Å². The van der Waals surface area contributed by atoms with E-state index in [1.807, 2.05) is 0 Å². The summed E-state index contributed by atoms with van der Waals surface area (Å²) in [4.78, 5) is 32.5. The first-order valence-electron chi connectivity index (χ1n) is 5.51. The number of rotatable bonds is 4. The Hall–Kier alpha value is -1.25. The molecule has 9 nitrogen and oxygen atoms in total. The maximum atomic E-state index is 11.6. The van der Waals surface area contributed by atoms with Gasteiger partial charge in [0, 0.05) is 12.6 Å². The molecular weight excluding hydrogens is 277 g/mol. The molecular formula is C9H14N3O6P. The van der Waals surface area contributed by atoms with Crippen molar-refractivity contribution in [3.8, 4) is 0 Å². The Morgan fingerprint density at radius 1 is 1.58 bits per heavy atom. The molecule has 4 N–H and O–H groups in total. The van der Waals surface area contributed by atoms with Gasteiger partial charge in [0.05, 0.1) is 0 Å². The summed E-state index contributed by atoms with van der Waals surface area (Å²) in [7, 11) is -4.23. The molecule has 0 amide bonds. The number of anilines is 1. The third-order valence-electron chi connectivity index (χ3n) is 2.55. The Bertz CT molecular complexity index is 555. The molecule has 1 saturated heterocycles. The predicted octanol–water partition coefficient (Wildman–Crippen LogP) is -0.388. The van der Waals surface area contributed by atoms with Crippen molar-refractivity contribution in [2.75, 3.05) is 12.1 Å². The third-order valence-corrected chi connectivity index (χ3v) is 3.03. The Balaban J connectivity index is 1.98. The summed E-state index contributed by atoms with van der Waals surface area (Å²) in [5.41, 5.74) is 4.83. The Morgan fingerprint density at radius 3 is 2.95 bits per heavy atom. The zero-order chi connectivity index (χ0) is 14.0. The number of hydrogen-bond acceptors (Lipinski definition) is 6. The lowest BCUT2D eigenvalue weighted by Gasteiger charge is -2.16. The molecule has 2 atom stereocenters. The Morgan fingerprint density at radius 2 is 2.32 bits per heavy atom. The van der Waals surface area contributed by atoms with Crippen molar-refractivity contribution in [2.45, 2.75) is 25.4 Å². The Kier molecular flexibility index (Phi) is 4.02. The van der Waals surface area contributed by atoms with Gasteiger partial charge in [-0.05, 0) is 12.5 Å². The lowest BCUT2D eigenvalue weighted by Crippen LogP contribution is -2.27. The molecule has 0 radical (unpaired) electrons. The van der Waals surface area contributed by atoms with Crippen molar-refractivity contribution in [3.63, 3.8) is 0 Å². The number of nitrogens with two attached hydrogens (primary N) is 1. The monoisotopic (exact) mass is 291 g/mol. The van der Waals surface area contributed by atoms with Gasteiger partial charge in [0.25, 0.3) is 0 Å².